The Morgan fingerprint density at radius 1 is 0.815 bits per heavy atom. The Balaban J connectivity index is 2.21. The second kappa shape index (κ2) is 8.57. The maximum absolute atomic E-state index is 13.3. The van der Waals surface area contributed by atoms with E-state index in [4.69, 9.17) is 0 Å². The molecule has 3 N–H and O–H groups in total. The Kier molecular flexibility index (Phi) is 5.95. The predicted molar refractivity (Wildman–Crippen MR) is 108 cm³/mol. The molecule has 2 heterocycles. The van der Waals surface area contributed by atoms with Gasteiger partial charge in [-0.2, -0.15) is 4.98 Å². The number of benzene rings is 1. The first-order valence-corrected chi connectivity index (χ1v) is 9.17. The summed E-state index contributed by atoms with van der Waals surface area (Å²) in [6.45, 7) is 5.69. The van der Waals surface area contributed by atoms with Gasteiger partial charge in [0.2, 0.25) is 5.95 Å². The van der Waals surface area contributed by atoms with Crippen LogP contribution in [0.3, 0.4) is 0 Å². The van der Waals surface area contributed by atoms with E-state index < -0.39 is 0 Å². The molecule has 0 amide bonds. The number of anilines is 3. The second-order valence-electron chi connectivity index (χ2n) is 6.10. The SMILES string of the molecule is CCCNc1nc(-c2ccc(F)cc2)nc2c(NCCC)nc(NC)nc12. The summed E-state index contributed by atoms with van der Waals surface area (Å²) >= 11 is 0. The summed E-state index contributed by atoms with van der Waals surface area (Å²) in [6, 6.07) is 6.14. The van der Waals surface area contributed by atoms with Gasteiger partial charge in [0.15, 0.2) is 17.5 Å². The third-order valence-corrected chi connectivity index (χ3v) is 3.95. The average Bonchev–Trinajstić information content (AvgIpc) is 2.70. The molecule has 0 atom stereocenters. The number of hydrogen-bond donors (Lipinski definition) is 3. The van der Waals surface area contributed by atoms with Crippen molar-refractivity contribution in [3.8, 4) is 11.4 Å². The largest absolute Gasteiger partial charge is 0.368 e. The van der Waals surface area contributed by atoms with Crippen LogP contribution in [0.15, 0.2) is 24.3 Å². The van der Waals surface area contributed by atoms with Gasteiger partial charge in [-0.3, -0.25) is 0 Å². The van der Waals surface area contributed by atoms with E-state index in [1.807, 2.05) is 0 Å². The van der Waals surface area contributed by atoms with Gasteiger partial charge in [0, 0.05) is 25.7 Å². The van der Waals surface area contributed by atoms with Crippen molar-refractivity contribution in [2.24, 2.45) is 0 Å². The minimum absolute atomic E-state index is 0.295. The number of hydrogen-bond acceptors (Lipinski definition) is 7. The second-order valence-corrected chi connectivity index (χ2v) is 6.10. The summed E-state index contributed by atoms with van der Waals surface area (Å²) in [4.78, 5) is 18.4. The lowest BCUT2D eigenvalue weighted by molar-refractivity contribution is 0.628. The first-order valence-electron chi connectivity index (χ1n) is 9.17. The van der Waals surface area contributed by atoms with E-state index in [2.05, 4.69) is 49.7 Å². The van der Waals surface area contributed by atoms with Crippen molar-refractivity contribution >= 4 is 28.6 Å². The van der Waals surface area contributed by atoms with Crippen LogP contribution >= 0.6 is 0 Å². The molecule has 1 aromatic carbocycles. The van der Waals surface area contributed by atoms with Crippen molar-refractivity contribution in [1.29, 1.82) is 0 Å². The molecule has 0 aliphatic rings. The van der Waals surface area contributed by atoms with E-state index >= 15 is 0 Å². The van der Waals surface area contributed by atoms with E-state index in [9.17, 15) is 4.39 Å². The van der Waals surface area contributed by atoms with Gasteiger partial charge < -0.3 is 16.0 Å². The Labute approximate surface area is 157 Å². The Morgan fingerprint density at radius 2 is 1.41 bits per heavy atom. The number of halogens is 1. The van der Waals surface area contributed by atoms with E-state index in [-0.39, 0.29) is 5.82 Å². The fourth-order valence-corrected chi connectivity index (χ4v) is 2.59. The van der Waals surface area contributed by atoms with Crippen LogP contribution in [0.1, 0.15) is 26.7 Å². The Hall–Kier alpha value is -3.03. The van der Waals surface area contributed by atoms with Crippen LogP contribution in [-0.4, -0.2) is 40.1 Å². The van der Waals surface area contributed by atoms with Crippen molar-refractivity contribution in [2.75, 3.05) is 36.1 Å². The summed E-state index contributed by atoms with van der Waals surface area (Å²) in [6.07, 6.45) is 1.90. The molecule has 0 saturated heterocycles. The van der Waals surface area contributed by atoms with Gasteiger partial charge in [0.1, 0.15) is 16.9 Å². The molecule has 7 nitrogen and oxygen atoms in total. The third-order valence-electron chi connectivity index (χ3n) is 3.95. The molecule has 0 unspecified atom stereocenters. The van der Waals surface area contributed by atoms with Crippen LogP contribution in [0.25, 0.3) is 22.4 Å². The van der Waals surface area contributed by atoms with Crippen LogP contribution in [0.4, 0.5) is 22.0 Å². The van der Waals surface area contributed by atoms with Gasteiger partial charge in [0.25, 0.3) is 0 Å². The van der Waals surface area contributed by atoms with Crippen molar-refractivity contribution in [3.63, 3.8) is 0 Å². The lowest BCUT2D eigenvalue weighted by Gasteiger charge is -2.14. The molecule has 27 heavy (non-hydrogen) atoms. The summed E-state index contributed by atoms with van der Waals surface area (Å²) < 4.78 is 13.3. The zero-order chi connectivity index (χ0) is 19.2. The first-order chi connectivity index (χ1) is 13.2. The van der Waals surface area contributed by atoms with E-state index in [0.717, 1.165) is 31.5 Å². The molecular weight excluding hydrogens is 345 g/mol. The van der Waals surface area contributed by atoms with Gasteiger partial charge in [-0.1, -0.05) is 13.8 Å². The molecule has 0 radical (unpaired) electrons. The number of nitrogens with zero attached hydrogens (tertiary/aromatic N) is 4. The van der Waals surface area contributed by atoms with Crippen molar-refractivity contribution in [1.82, 2.24) is 19.9 Å². The molecule has 3 aromatic rings. The first kappa shape index (κ1) is 18.8. The summed E-state index contributed by atoms with van der Waals surface area (Å²) in [5.41, 5.74) is 2.01. The Bertz CT molecular complexity index is 912. The smallest absolute Gasteiger partial charge is 0.225 e. The summed E-state index contributed by atoms with van der Waals surface area (Å²) in [5.74, 6) is 1.99. The van der Waals surface area contributed by atoms with Gasteiger partial charge in [-0.15, -0.1) is 0 Å². The Morgan fingerprint density at radius 3 is 2.00 bits per heavy atom. The highest BCUT2D eigenvalue weighted by molar-refractivity contribution is 5.94. The molecule has 0 bridgehead atoms. The predicted octanol–water partition coefficient (Wildman–Crippen LogP) is 3.91. The number of aromatic nitrogens is 4. The molecule has 3 rings (SSSR count). The number of rotatable bonds is 8. The van der Waals surface area contributed by atoms with Crippen molar-refractivity contribution < 1.29 is 4.39 Å². The number of nitrogens with one attached hydrogen (secondary N) is 3. The minimum Gasteiger partial charge on any atom is -0.368 e. The van der Waals surface area contributed by atoms with Crippen LogP contribution in [-0.2, 0) is 0 Å². The van der Waals surface area contributed by atoms with Crippen LogP contribution in [0.2, 0.25) is 0 Å². The lowest BCUT2D eigenvalue weighted by atomic mass is 10.2. The molecular formula is C19H24FN7. The normalized spacial score (nSPS) is 10.8. The van der Waals surface area contributed by atoms with Gasteiger partial charge in [0.05, 0.1) is 0 Å². The summed E-state index contributed by atoms with van der Waals surface area (Å²) in [7, 11) is 1.78. The average molecular weight is 369 g/mol. The van der Waals surface area contributed by atoms with Crippen molar-refractivity contribution in [3.05, 3.63) is 30.1 Å². The molecule has 0 aliphatic carbocycles. The van der Waals surface area contributed by atoms with E-state index in [0.29, 0.717) is 34.4 Å². The quantitative estimate of drug-likeness (QED) is 0.555. The van der Waals surface area contributed by atoms with Gasteiger partial charge in [-0.25, -0.2) is 19.3 Å². The zero-order valence-corrected chi connectivity index (χ0v) is 15.8. The lowest BCUT2D eigenvalue weighted by Crippen LogP contribution is -2.11. The highest BCUT2D eigenvalue weighted by atomic mass is 19.1. The maximum Gasteiger partial charge on any atom is 0.225 e. The van der Waals surface area contributed by atoms with Gasteiger partial charge >= 0.3 is 0 Å². The van der Waals surface area contributed by atoms with Crippen molar-refractivity contribution in [2.45, 2.75) is 26.7 Å². The molecule has 0 saturated carbocycles. The molecule has 0 fully saturated rings. The van der Waals surface area contributed by atoms with E-state index in [1.165, 1.54) is 12.1 Å². The van der Waals surface area contributed by atoms with E-state index in [1.54, 1.807) is 19.2 Å². The molecule has 0 spiro atoms. The highest BCUT2D eigenvalue weighted by Crippen LogP contribution is 2.28. The minimum atomic E-state index is -0.295. The van der Waals surface area contributed by atoms with Crippen LogP contribution in [0.5, 0.6) is 0 Å². The number of fused-ring (bicyclic) bond motifs is 1. The van der Waals surface area contributed by atoms with Gasteiger partial charge in [-0.05, 0) is 37.1 Å². The van der Waals surface area contributed by atoms with Crippen LogP contribution < -0.4 is 16.0 Å². The molecule has 0 aliphatic heterocycles. The van der Waals surface area contributed by atoms with Crippen LogP contribution in [0, 0.1) is 5.82 Å². The zero-order valence-electron chi connectivity index (χ0n) is 15.8. The molecule has 8 heteroatoms. The highest BCUT2D eigenvalue weighted by Gasteiger charge is 2.16. The molecule has 2 aromatic heterocycles. The third kappa shape index (κ3) is 4.21. The fraction of sp³-hybridized carbons (Fsp3) is 0.368. The molecule has 142 valence electrons. The summed E-state index contributed by atoms with van der Waals surface area (Å²) in [5, 5.41) is 9.62. The standard InChI is InChI=1S/C19H24FN7/c1-4-10-22-17-15-14(18(23-11-5-2)27-19(21-3)25-15)24-16(26-17)12-6-8-13(20)9-7-12/h6-9H,4-5,10-11H2,1-3H3,(H,22,24,26)(H2,21,23,25,27). The monoisotopic (exact) mass is 369 g/mol. The fourth-order valence-electron chi connectivity index (χ4n) is 2.59. The maximum atomic E-state index is 13.3. The topological polar surface area (TPSA) is 87.7 Å².